The first-order valence-electron chi connectivity index (χ1n) is 12.4. The van der Waals surface area contributed by atoms with Gasteiger partial charge in [-0.15, -0.1) is 0 Å². The molecule has 0 radical (unpaired) electrons. The Morgan fingerprint density at radius 2 is 2.00 bits per heavy atom. The molecule has 0 unspecified atom stereocenters. The molecule has 35 heavy (non-hydrogen) atoms. The quantitative estimate of drug-likeness (QED) is 0.676. The molecule has 3 rings (SSSR count). The summed E-state index contributed by atoms with van der Waals surface area (Å²) in [6.45, 7) is 11.1. The van der Waals surface area contributed by atoms with Gasteiger partial charge in [0.05, 0.1) is 13.7 Å². The van der Waals surface area contributed by atoms with Crippen molar-refractivity contribution in [3.05, 3.63) is 30.6 Å². The van der Waals surface area contributed by atoms with Crippen molar-refractivity contribution in [2.24, 2.45) is 11.8 Å². The number of methoxy groups -OCH3 is 1. The molecule has 2 bridgehead atoms. The van der Waals surface area contributed by atoms with Crippen molar-refractivity contribution < 1.29 is 19.1 Å². The molecule has 2 aromatic rings. The van der Waals surface area contributed by atoms with E-state index in [0.29, 0.717) is 43.7 Å². The Hall–Kier alpha value is -3.07. The van der Waals surface area contributed by atoms with Crippen LogP contribution in [0.2, 0.25) is 0 Å². The zero-order chi connectivity index (χ0) is 25.4. The van der Waals surface area contributed by atoms with Crippen LogP contribution in [0.5, 0.6) is 11.5 Å². The molecule has 2 amide bonds. The third-order valence-corrected chi connectivity index (χ3v) is 6.11. The second kappa shape index (κ2) is 12.6. The first-order valence-corrected chi connectivity index (χ1v) is 12.4. The molecular formula is C26H39N5O4. The standard InChI is InChI=1S/C26H39N5O4/c1-18(2)8-11-30-14-15-35-22-16-20(6-7-21(22)34-5)25-27-9-12-31(25)13-10-28-26(33)24(19(3)4)29-23(32)17-30/h6-7,9,12,16,18-19,24H,8,10-11,13-15,17H2,1-5H3,(H,28,33)(H,29,32)/t24-/m1/s1. The highest BCUT2D eigenvalue weighted by Gasteiger charge is 2.25. The predicted molar refractivity (Wildman–Crippen MR) is 135 cm³/mol. The van der Waals surface area contributed by atoms with Crippen LogP contribution in [0.25, 0.3) is 11.4 Å². The van der Waals surface area contributed by atoms with E-state index in [4.69, 9.17) is 9.47 Å². The average molecular weight is 486 g/mol. The van der Waals surface area contributed by atoms with Crippen LogP contribution in [0.1, 0.15) is 34.1 Å². The number of hydrogen-bond acceptors (Lipinski definition) is 6. The van der Waals surface area contributed by atoms with Crippen molar-refractivity contribution >= 4 is 11.8 Å². The molecule has 192 valence electrons. The van der Waals surface area contributed by atoms with Crippen LogP contribution in [-0.2, 0) is 16.1 Å². The number of aromatic nitrogens is 2. The maximum absolute atomic E-state index is 12.9. The molecule has 0 fully saturated rings. The summed E-state index contributed by atoms with van der Waals surface area (Å²) in [7, 11) is 1.62. The molecule has 0 saturated heterocycles. The van der Waals surface area contributed by atoms with Gasteiger partial charge in [0, 0.05) is 37.6 Å². The molecule has 9 heteroatoms. The van der Waals surface area contributed by atoms with Crippen LogP contribution in [0.3, 0.4) is 0 Å². The van der Waals surface area contributed by atoms with Gasteiger partial charge in [-0.05, 0) is 43.0 Å². The normalized spacial score (nSPS) is 18.4. The van der Waals surface area contributed by atoms with E-state index in [2.05, 4.69) is 34.4 Å². The fraction of sp³-hybridized carbons (Fsp3) is 0.577. The Balaban J connectivity index is 1.89. The number of fused-ring (bicyclic) bond motifs is 4. The van der Waals surface area contributed by atoms with Crippen LogP contribution < -0.4 is 20.1 Å². The summed E-state index contributed by atoms with van der Waals surface area (Å²) in [4.78, 5) is 32.4. The number of carbonyl (C=O) groups is 2. The second-order valence-electron chi connectivity index (χ2n) is 9.70. The highest BCUT2D eigenvalue weighted by Crippen LogP contribution is 2.32. The first-order chi connectivity index (χ1) is 16.8. The van der Waals surface area contributed by atoms with Crippen LogP contribution in [-0.4, -0.2) is 72.2 Å². The lowest BCUT2D eigenvalue weighted by Crippen LogP contribution is -2.52. The van der Waals surface area contributed by atoms with E-state index in [0.717, 1.165) is 24.4 Å². The zero-order valence-electron chi connectivity index (χ0n) is 21.5. The van der Waals surface area contributed by atoms with E-state index in [1.807, 2.05) is 42.8 Å². The van der Waals surface area contributed by atoms with Crippen LogP contribution in [0, 0.1) is 11.8 Å². The number of nitrogens with one attached hydrogen (secondary N) is 2. The van der Waals surface area contributed by atoms with Crippen LogP contribution >= 0.6 is 0 Å². The number of benzene rings is 1. The average Bonchev–Trinajstić information content (AvgIpc) is 3.28. The van der Waals surface area contributed by atoms with Crippen LogP contribution in [0.4, 0.5) is 0 Å². The number of rotatable bonds is 5. The molecule has 9 nitrogen and oxygen atoms in total. The molecule has 2 N–H and O–H groups in total. The van der Waals surface area contributed by atoms with Gasteiger partial charge >= 0.3 is 0 Å². The second-order valence-corrected chi connectivity index (χ2v) is 9.70. The van der Waals surface area contributed by atoms with E-state index < -0.39 is 6.04 Å². The molecule has 1 atom stereocenters. The van der Waals surface area contributed by atoms with Gasteiger partial charge in [-0.25, -0.2) is 4.98 Å². The predicted octanol–water partition coefficient (Wildman–Crippen LogP) is 2.56. The van der Waals surface area contributed by atoms with Gasteiger partial charge in [0.2, 0.25) is 11.8 Å². The smallest absolute Gasteiger partial charge is 0.242 e. The number of nitrogens with zero attached hydrogens (tertiary/aromatic N) is 3. The van der Waals surface area contributed by atoms with Crippen molar-refractivity contribution in [3.63, 3.8) is 0 Å². The molecule has 0 aliphatic carbocycles. The van der Waals surface area contributed by atoms with Gasteiger partial charge in [0.1, 0.15) is 18.5 Å². The van der Waals surface area contributed by atoms with E-state index in [9.17, 15) is 9.59 Å². The summed E-state index contributed by atoms with van der Waals surface area (Å²) in [5.41, 5.74) is 0.898. The summed E-state index contributed by atoms with van der Waals surface area (Å²) in [6, 6.07) is 5.15. The van der Waals surface area contributed by atoms with Crippen molar-refractivity contribution in [1.82, 2.24) is 25.1 Å². The van der Waals surface area contributed by atoms with Gasteiger partial charge < -0.3 is 24.7 Å². The highest BCUT2D eigenvalue weighted by atomic mass is 16.5. The molecule has 0 saturated carbocycles. The Morgan fingerprint density at radius 3 is 2.71 bits per heavy atom. The molecular weight excluding hydrogens is 446 g/mol. The zero-order valence-corrected chi connectivity index (χ0v) is 21.5. The Labute approximate surface area is 208 Å². The summed E-state index contributed by atoms with van der Waals surface area (Å²) in [5.74, 6) is 2.19. The fourth-order valence-corrected chi connectivity index (χ4v) is 4.04. The lowest BCUT2D eigenvalue weighted by Gasteiger charge is -2.26. The summed E-state index contributed by atoms with van der Waals surface area (Å²) in [6.07, 6.45) is 4.58. The maximum Gasteiger partial charge on any atom is 0.242 e. The van der Waals surface area contributed by atoms with Crippen molar-refractivity contribution in [1.29, 1.82) is 0 Å². The number of imidazole rings is 1. The van der Waals surface area contributed by atoms with E-state index in [1.54, 1.807) is 13.3 Å². The van der Waals surface area contributed by atoms with Gasteiger partial charge in [-0.3, -0.25) is 14.5 Å². The third kappa shape index (κ3) is 7.45. The fourth-order valence-electron chi connectivity index (χ4n) is 4.04. The molecule has 1 aliphatic heterocycles. The number of amides is 2. The first kappa shape index (κ1) is 26.5. The van der Waals surface area contributed by atoms with Crippen molar-refractivity contribution in [3.8, 4) is 22.9 Å². The summed E-state index contributed by atoms with van der Waals surface area (Å²) in [5, 5.41) is 5.92. The Bertz CT molecular complexity index is 988. The number of hydrogen-bond donors (Lipinski definition) is 2. The topological polar surface area (TPSA) is 97.7 Å². The van der Waals surface area contributed by atoms with Gasteiger partial charge in [0.15, 0.2) is 11.5 Å². The van der Waals surface area contributed by atoms with Gasteiger partial charge in [-0.1, -0.05) is 27.7 Å². The monoisotopic (exact) mass is 485 g/mol. The SMILES string of the molecule is COc1ccc2cc1OCCN(CCC(C)C)CC(=O)N[C@H](C(C)C)C(=O)NCCn1ccnc1-2. The lowest BCUT2D eigenvalue weighted by atomic mass is 10.0. The largest absolute Gasteiger partial charge is 0.493 e. The minimum Gasteiger partial charge on any atom is -0.493 e. The Morgan fingerprint density at radius 1 is 1.20 bits per heavy atom. The molecule has 2 heterocycles. The number of carbonyl (C=O) groups excluding carboxylic acids is 2. The van der Waals surface area contributed by atoms with Crippen LogP contribution in [0.15, 0.2) is 30.6 Å². The number of ether oxygens (including phenoxy) is 2. The molecule has 1 aromatic heterocycles. The minimum absolute atomic E-state index is 0.0359. The van der Waals surface area contributed by atoms with E-state index in [1.165, 1.54) is 0 Å². The molecule has 1 aliphatic rings. The third-order valence-electron chi connectivity index (χ3n) is 6.11. The minimum atomic E-state index is -0.595. The molecule has 0 spiro atoms. The van der Waals surface area contributed by atoms with Gasteiger partial charge in [-0.2, -0.15) is 0 Å². The van der Waals surface area contributed by atoms with E-state index in [-0.39, 0.29) is 24.3 Å². The van der Waals surface area contributed by atoms with Crippen molar-refractivity contribution in [2.75, 3.05) is 39.9 Å². The Kier molecular flexibility index (Phi) is 9.54. The van der Waals surface area contributed by atoms with Crippen molar-refractivity contribution in [2.45, 2.75) is 46.7 Å². The maximum atomic E-state index is 12.9. The summed E-state index contributed by atoms with van der Waals surface area (Å²) < 4.78 is 13.6. The molecule has 1 aromatic carbocycles. The highest BCUT2D eigenvalue weighted by molar-refractivity contribution is 5.88. The summed E-state index contributed by atoms with van der Waals surface area (Å²) >= 11 is 0. The van der Waals surface area contributed by atoms with Gasteiger partial charge in [0.25, 0.3) is 0 Å². The lowest BCUT2D eigenvalue weighted by molar-refractivity contribution is -0.130. The van der Waals surface area contributed by atoms with E-state index >= 15 is 0 Å².